The Balaban J connectivity index is 1.19. The molecule has 3 aromatic rings. The molecule has 2 aromatic carbocycles. The molecule has 20 nitrogen and oxygen atoms in total. The van der Waals surface area contributed by atoms with Gasteiger partial charge in [-0.05, 0) is 95.1 Å². The Bertz CT molecular complexity index is 2550. The van der Waals surface area contributed by atoms with Crippen molar-refractivity contribution in [3.8, 4) is 0 Å². The normalized spacial score (nSPS) is 17.7. The zero-order valence-corrected chi connectivity index (χ0v) is 44.9. The van der Waals surface area contributed by atoms with Gasteiger partial charge < -0.3 is 53.2 Å². The number of benzene rings is 2. The van der Waals surface area contributed by atoms with Crippen molar-refractivity contribution in [2.75, 3.05) is 57.3 Å². The van der Waals surface area contributed by atoms with Gasteiger partial charge in [0, 0.05) is 74.7 Å². The lowest BCUT2D eigenvalue weighted by Gasteiger charge is -2.30. The lowest BCUT2D eigenvalue weighted by Crippen LogP contribution is -2.57. The molecule has 10 N–H and O–H groups in total. The molecule has 2 saturated heterocycles. The maximum Gasteiger partial charge on any atom is 0.253 e. The largest absolute Gasteiger partial charge is 0.354 e. The number of carbonyl (C=O) groups is 8. The van der Waals surface area contributed by atoms with Crippen molar-refractivity contribution in [2.45, 2.75) is 108 Å². The number of aliphatic imine (C=N–C) groups is 1. The van der Waals surface area contributed by atoms with Crippen molar-refractivity contribution >= 4 is 74.6 Å². The van der Waals surface area contributed by atoms with Crippen LogP contribution >= 0.6 is 21.6 Å². The van der Waals surface area contributed by atoms with Crippen LogP contribution in [0.5, 0.6) is 0 Å². The fourth-order valence-corrected chi connectivity index (χ4v) is 11.6. The van der Waals surface area contributed by atoms with E-state index in [0.29, 0.717) is 94.6 Å². The summed E-state index contributed by atoms with van der Waals surface area (Å²) in [5.74, 6) is -3.88. The number of hydrogen-bond acceptors (Lipinski definition) is 14. The molecule has 0 spiro atoms. The summed E-state index contributed by atoms with van der Waals surface area (Å²) < 4.78 is 0. The van der Waals surface area contributed by atoms with Gasteiger partial charge in [-0.1, -0.05) is 88.3 Å². The van der Waals surface area contributed by atoms with Crippen LogP contribution in [0.3, 0.4) is 0 Å². The Kier molecular flexibility index (Phi) is 23.3. The van der Waals surface area contributed by atoms with Gasteiger partial charge in [0.05, 0.1) is 11.1 Å². The maximum atomic E-state index is 14.8. The second-order valence-electron chi connectivity index (χ2n) is 18.9. The number of nitrogens with two attached hydrogens (primary N) is 2. The third kappa shape index (κ3) is 16.9. The Hall–Kier alpha value is -6.62. The lowest BCUT2D eigenvalue weighted by molar-refractivity contribution is -0.141. The highest BCUT2D eigenvalue weighted by molar-refractivity contribution is 8.76. The Morgan fingerprint density at radius 1 is 0.632 bits per heavy atom. The summed E-state index contributed by atoms with van der Waals surface area (Å²) in [5, 5.41) is 17.3. The first-order valence-electron chi connectivity index (χ1n) is 26.0. The van der Waals surface area contributed by atoms with Crippen LogP contribution in [-0.4, -0.2) is 161 Å². The van der Waals surface area contributed by atoms with E-state index in [0.717, 1.165) is 11.1 Å². The zero-order chi connectivity index (χ0) is 54.4. The van der Waals surface area contributed by atoms with Gasteiger partial charge >= 0.3 is 0 Å². The molecule has 0 radical (unpaired) electrons. The van der Waals surface area contributed by atoms with E-state index in [1.54, 1.807) is 38.3 Å². The standard InChI is InChI=1S/C54H72N12O8S2/c1-35-39(19-9-25-57-35)47(67)63-43(53(73)65-29-11-21-45(65)51(71)61-41(49(69)59-27-13-23-55)31-37-15-5-3-6-16-37)33-75-76-34-44(64-48(68)40-20-10-26-58-36(40)2)54(74)66-30-12-22-46(66)52(72)62-42(50(70)60-28-14-24-56)32-38-17-7-4-8-18-38/h3-9,15-20,25,41-46H,10-14,21-24,26-34,55-56H2,1-2H3,(H,59,69)(H,60,70)(H,61,71)(H,62,72)(H,63,67)(H,64,68)/t41-,42-,43-,44-,45-,46-/m0/s1. The average molecular weight is 1080 g/mol. The topological polar surface area (TPSA) is 293 Å². The molecule has 1 aromatic heterocycles. The Morgan fingerprint density at radius 3 is 1.58 bits per heavy atom. The maximum absolute atomic E-state index is 14.8. The quantitative estimate of drug-likeness (QED) is 0.0398. The number of likely N-dealkylation sites (tertiary alicyclic amines) is 2. The van der Waals surface area contributed by atoms with Crippen LogP contribution in [0.25, 0.3) is 0 Å². The number of rotatable bonds is 27. The average Bonchev–Trinajstić information content (AvgIpc) is 4.13. The number of dihydropyridines is 1. The third-order valence-corrected chi connectivity index (χ3v) is 15.8. The minimum Gasteiger partial charge on any atom is -0.354 e. The number of nitrogens with zero attached hydrogens (tertiary/aromatic N) is 4. The van der Waals surface area contributed by atoms with E-state index < -0.39 is 71.7 Å². The van der Waals surface area contributed by atoms with Crippen molar-refractivity contribution in [3.05, 3.63) is 113 Å². The second kappa shape index (κ2) is 30.2. The molecule has 76 heavy (non-hydrogen) atoms. The summed E-state index contributed by atoms with van der Waals surface area (Å²) in [4.78, 5) is 124. The summed E-state index contributed by atoms with van der Waals surface area (Å²) in [6.45, 7) is 5.79. The molecule has 0 bridgehead atoms. The lowest BCUT2D eigenvalue weighted by atomic mass is 10.0. The first-order valence-corrected chi connectivity index (χ1v) is 28.5. The highest BCUT2D eigenvalue weighted by atomic mass is 33.1. The Labute approximate surface area is 452 Å². The molecule has 4 heterocycles. The minimum atomic E-state index is -1.17. The van der Waals surface area contributed by atoms with Crippen molar-refractivity contribution in [1.82, 2.24) is 46.7 Å². The van der Waals surface area contributed by atoms with E-state index >= 15 is 0 Å². The summed E-state index contributed by atoms with van der Waals surface area (Å²) in [7, 11) is 2.38. The van der Waals surface area contributed by atoms with Crippen molar-refractivity contribution in [1.29, 1.82) is 0 Å². The van der Waals surface area contributed by atoms with Gasteiger partial charge in [0.2, 0.25) is 35.4 Å². The second-order valence-corrected chi connectivity index (χ2v) is 21.4. The molecule has 3 aliphatic rings. The molecule has 0 aliphatic carbocycles. The number of aromatic nitrogens is 1. The van der Waals surface area contributed by atoms with Gasteiger partial charge in [-0.25, -0.2) is 0 Å². The van der Waals surface area contributed by atoms with Crippen LogP contribution in [-0.2, 0) is 46.4 Å². The fraction of sp³-hybridized carbons (Fsp3) is 0.481. The van der Waals surface area contributed by atoms with Crippen LogP contribution in [0, 0.1) is 6.92 Å². The van der Waals surface area contributed by atoms with E-state index in [1.807, 2.05) is 60.7 Å². The molecule has 408 valence electrons. The molecule has 2 fully saturated rings. The van der Waals surface area contributed by atoms with Gasteiger partial charge in [0.15, 0.2) is 0 Å². The number of amides is 8. The minimum absolute atomic E-state index is 0.00874. The summed E-state index contributed by atoms with van der Waals surface area (Å²) in [6, 6.07) is 15.7. The Morgan fingerprint density at radius 2 is 1.12 bits per heavy atom. The van der Waals surface area contributed by atoms with Crippen LogP contribution < -0.4 is 43.4 Å². The molecule has 0 saturated carbocycles. The smallest absolute Gasteiger partial charge is 0.253 e. The molecule has 22 heteroatoms. The van der Waals surface area contributed by atoms with Crippen LogP contribution in [0.15, 0.2) is 95.6 Å². The van der Waals surface area contributed by atoms with E-state index in [-0.39, 0.29) is 54.8 Å². The number of hydrogen-bond donors (Lipinski definition) is 8. The number of carbonyl (C=O) groups excluding carboxylic acids is 8. The highest BCUT2D eigenvalue weighted by Crippen LogP contribution is 2.28. The fourth-order valence-electron chi connectivity index (χ4n) is 9.24. The van der Waals surface area contributed by atoms with Crippen molar-refractivity contribution in [3.63, 3.8) is 0 Å². The highest BCUT2D eigenvalue weighted by Gasteiger charge is 2.41. The van der Waals surface area contributed by atoms with Crippen molar-refractivity contribution in [2.24, 2.45) is 16.5 Å². The summed E-state index contributed by atoms with van der Waals surface area (Å²) in [6.07, 6.45) is 7.05. The first kappa shape index (κ1) is 58.6. The van der Waals surface area contributed by atoms with Crippen molar-refractivity contribution < 1.29 is 38.4 Å². The van der Waals surface area contributed by atoms with Crippen LogP contribution in [0.4, 0.5) is 0 Å². The molecular formula is C54H72N12O8S2. The van der Waals surface area contributed by atoms with E-state index in [1.165, 1.54) is 31.4 Å². The van der Waals surface area contributed by atoms with E-state index in [9.17, 15) is 38.4 Å². The molecule has 6 atom stereocenters. The predicted molar refractivity (Wildman–Crippen MR) is 295 cm³/mol. The van der Waals surface area contributed by atoms with E-state index in [4.69, 9.17) is 11.5 Å². The van der Waals surface area contributed by atoms with Crippen LogP contribution in [0.2, 0.25) is 0 Å². The summed E-state index contributed by atoms with van der Waals surface area (Å²) >= 11 is 0. The summed E-state index contributed by atoms with van der Waals surface area (Å²) in [5.41, 5.74) is 14.5. The predicted octanol–water partition coefficient (Wildman–Crippen LogP) is 1.51. The molecule has 8 amide bonds. The molecular weight excluding hydrogens is 1010 g/mol. The van der Waals surface area contributed by atoms with Gasteiger partial charge in [-0.2, -0.15) is 0 Å². The first-order chi connectivity index (χ1) is 36.8. The molecule has 3 aliphatic heterocycles. The molecule has 0 unspecified atom stereocenters. The van der Waals surface area contributed by atoms with Gasteiger partial charge in [0.1, 0.15) is 36.3 Å². The SMILES string of the molecule is CC1=NCCC=C1C(=O)N[C@@H](CSSC[C@H](NC(=O)c1cccnc1C)C(=O)N1CCC[C@H]1C(=O)N[C@@H](Cc1ccccc1)C(=O)NCCCN)C(=O)N1CCC[C@H]1C(=O)N[C@@H](Cc1ccccc1)C(=O)NCCCN. The van der Waals surface area contributed by atoms with Gasteiger partial charge in [0.25, 0.3) is 11.8 Å². The van der Waals surface area contributed by atoms with E-state index in [2.05, 4.69) is 41.9 Å². The number of nitrogens with one attached hydrogen (secondary N) is 6. The van der Waals surface area contributed by atoms with Gasteiger partial charge in [-0.3, -0.25) is 48.3 Å². The van der Waals surface area contributed by atoms with Crippen LogP contribution in [0.1, 0.15) is 79.0 Å². The monoisotopic (exact) mass is 1080 g/mol. The zero-order valence-electron chi connectivity index (χ0n) is 43.3. The number of pyridine rings is 1. The third-order valence-electron chi connectivity index (χ3n) is 13.3. The van der Waals surface area contributed by atoms with Gasteiger partial charge in [-0.15, -0.1) is 0 Å². The molecule has 6 rings (SSSR count). The number of aryl methyl sites for hydroxylation is 1.